The van der Waals surface area contributed by atoms with Crippen LogP contribution in [0.25, 0.3) is 32.1 Å². The summed E-state index contributed by atoms with van der Waals surface area (Å²) in [6, 6.07) is 10.6. The molecule has 0 radical (unpaired) electrons. The fourth-order valence-electron chi connectivity index (χ4n) is 7.99. The summed E-state index contributed by atoms with van der Waals surface area (Å²) in [7, 11) is 3.55. The quantitative estimate of drug-likeness (QED) is 0.236. The van der Waals surface area contributed by atoms with Crippen molar-refractivity contribution in [2.45, 2.75) is 49.5 Å². The fourth-order valence-corrected chi connectivity index (χ4v) is 8.94. The van der Waals surface area contributed by atoms with E-state index in [1.54, 1.807) is 18.1 Å². The molecule has 10 nitrogen and oxygen atoms in total. The van der Waals surface area contributed by atoms with Crippen LogP contribution in [0, 0.1) is 17.1 Å². The van der Waals surface area contributed by atoms with Crippen molar-refractivity contribution in [3.05, 3.63) is 54.4 Å². The third-order valence-electron chi connectivity index (χ3n) is 10.3. The molecular weight excluding hydrogens is 636 g/mol. The number of thiophene rings is 1. The Balaban J connectivity index is 1.33. The van der Waals surface area contributed by atoms with Gasteiger partial charge in [0.1, 0.15) is 35.5 Å². The van der Waals surface area contributed by atoms with Crippen LogP contribution in [0.1, 0.15) is 31.2 Å². The third kappa shape index (κ3) is 5.32. The van der Waals surface area contributed by atoms with Crippen molar-refractivity contribution in [2.24, 2.45) is 0 Å². The van der Waals surface area contributed by atoms with Gasteiger partial charge in [0.05, 0.1) is 40.0 Å². The van der Waals surface area contributed by atoms with Gasteiger partial charge in [-0.1, -0.05) is 18.7 Å². The molecule has 3 aliphatic heterocycles. The molecule has 0 aliphatic carbocycles. The highest BCUT2D eigenvalue weighted by Crippen LogP contribution is 2.43. The van der Waals surface area contributed by atoms with Gasteiger partial charge in [-0.15, -0.1) is 11.3 Å². The first-order chi connectivity index (χ1) is 23.2. The van der Waals surface area contributed by atoms with Gasteiger partial charge in [0.25, 0.3) is 0 Å². The van der Waals surface area contributed by atoms with Crippen LogP contribution in [0.2, 0.25) is 0 Å². The van der Waals surface area contributed by atoms with E-state index in [1.165, 1.54) is 12.1 Å². The zero-order valence-electron chi connectivity index (χ0n) is 26.9. The molecule has 2 aromatic heterocycles. The predicted molar refractivity (Wildman–Crippen MR) is 182 cm³/mol. The number of likely N-dealkylation sites (N-methyl/N-ethyl adjacent to an activating group) is 1. The molecule has 3 aliphatic rings. The molecule has 7 rings (SSSR count). The number of hydrogen-bond acceptors (Lipinski definition) is 10. The predicted octanol–water partition coefficient (Wildman–Crippen LogP) is 5.30. The number of nitrogen functional groups attached to an aromatic ring is 1. The van der Waals surface area contributed by atoms with Crippen LogP contribution in [-0.2, 0) is 9.53 Å². The number of fused-ring (bicyclic) bond motifs is 3. The number of carbonyl (C=O) groups excluding carboxylic acids is 1. The number of aromatic nitrogens is 2. The molecule has 3 fully saturated rings. The van der Waals surface area contributed by atoms with Crippen molar-refractivity contribution < 1.29 is 23.0 Å². The summed E-state index contributed by atoms with van der Waals surface area (Å²) in [6.07, 6.45) is 3.35. The summed E-state index contributed by atoms with van der Waals surface area (Å²) < 4.78 is 41.6. The minimum atomic E-state index is -0.894. The summed E-state index contributed by atoms with van der Waals surface area (Å²) in [5, 5.41) is 11.3. The van der Waals surface area contributed by atoms with Crippen molar-refractivity contribution in [3.8, 4) is 23.2 Å². The van der Waals surface area contributed by atoms with Crippen LogP contribution in [0.4, 0.5) is 19.6 Å². The lowest BCUT2D eigenvalue weighted by atomic mass is 9.95. The van der Waals surface area contributed by atoms with Gasteiger partial charge in [0.15, 0.2) is 0 Å². The number of rotatable bonds is 9. The number of anilines is 2. The second kappa shape index (κ2) is 12.6. The monoisotopic (exact) mass is 673 g/mol. The van der Waals surface area contributed by atoms with Crippen LogP contribution in [-0.4, -0.2) is 96.5 Å². The van der Waals surface area contributed by atoms with E-state index in [-0.39, 0.29) is 41.2 Å². The number of carbonyl (C=O) groups is 1. The second-order valence-electron chi connectivity index (χ2n) is 12.9. The van der Waals surface area contributed by atoms with Crippen molar-refractivity contribution in [2.75, 3.05) is 57.6 Å². The molecule has 1 amide bonds. The van der Waals surface area contributed by atoms with Gasteiger partial charge in [-0.05, 0) is 61.2 Å². The first-order valence-corrected chi connectivity index (χ1v) is 16.9. The number of ether oxygens (including phenoxy) is 2. The Morgan fingerprint density at radius 1 is 1.31 bits per heavy atom. The number of alkyl halides is 1. The smallest absolute Gasteiger partial charge is 0.319 e. The Morgan fingerprint density at radius 3 is 2.92 bits per heavy atom. The lowest BCUT2D eigenvalue weighted by Crippen LogP contribution is -2.48. The Hall–Kier alpha value is -4.38. The van der Waals surface area contributed by atoms with Crippen molar-refractivity contribution in [1.29, 1.82) is 5.26 Å². The summed E-state index contributed by atoms with van der Waals surface area (Å²) in [4.78, 5) is 28.5. The molecule has 0 bridgehead atoms. The van der Waals surface area contributed by atoms with Crippen LogP contribution in [0.15, 0.2) is 43.0 Å². The zero-order chi connectivity index (χ0) is 33.7. The molecule has 4 aromatic rings. The Morgan fingerprint density at radius 2 is 2.15 bits per heavy atom. The van der Waals surface area contributed by atoms with E-state index in [9.17, 15) is 18.8 Å². The van der Waals surface area contributed by atoms with Crippen molar-refractivity contribution in [3.63, 3.8) is 0 Å². The molecular formula is C35H37F2N7O3S. The number of nitriles is 1. The number of nitrogens with two attached hydrogens (primary N) is 1. The van der Waals surface area contributed by atoms with Crippen molar-refractivity contribution >= 4 is 49.1 Å². The number of likely N-dealkylation sites (tertiary alicyclic amines) is 1. The molecule has 13 heteroatoms. The normalized spacial score (nSPS) is 23.9. The van der Waals surface area contributed by atoms with E-state index in [2.05, 4.69) is 17.5 Å². The van der Waals surface area contributed by atoms with Crippen molar-refractivity contribution in [1.82, 2.24) is 19.8 Å². The van der Waals surface area contributed by atoms with Gasteiger partial charge < -0.3 is 25.0 Å². The van der Waals surface area contributed by atoms with Gasteiger partial charge in [-0.3, -0.25) is 9.69 Å². The summed E-state index contributed by atoms with van der Waals surface area (Å²) in [5.74, 6) is 0.00938. The minimum absolute atomic E-state index is 0.130. The van der Waals surface area contributed by atoms with E-state index >= 15 is 0 Å². The van der Waals surface area contributed by atoms with Crippen LogP contribution >= 0.6 is 11.3 Å². The first kappa shape index (κ1) is 32.2. The second-order valence-corrected chi connectivity index (χ2v) is 14.0. The topological polar surface area (TPSA) is 121 Å². The first-order valence-electron chi connectivity index (χ1n) is 16.1. The third-order valence-corrected chi connectivity index (χ3v) is 11.3. The van der Waals surface area contributed by atoms with E-state index in [1.807, 2.05) is 30.1 Å². The number of benzene rings is 2. The van der Waals surface area contributed by atoms with E-state index in [0.717, 1.165) is 41.7 Å². The molecule has 0 saturated carbocycles. The molecule has 5 heterocycles. The number of nitrogens with zero attached hydrogens (tertiary/aromatic N) is 6. The summed E-state index contributed by atoms with van der Waals surface area (Å²) in [6.45, 7) is 6.06. The number of methoxy groups -OCH3 is 1. The van der Waals surface area contributed by atoms with E-state index < -0.39 is 17.5 Å². The maximum atomic E-state index is 14.9. The molecule has 4 unspecified atom stereocenters. The lowest BCUT2D eigenvalue weighted by Gasteiger charge is -2.34. The summed E-state index contributed by atoms with van der Waals surface area (Å²) in [5.41, 5.74) is 7.93. The van der Waals surface area contributed by atoms with Gasteiger partial charge >= 0.3 is 6.01 Å². The molecule has 4 atom stereocenters. The number of amides is 1. The van der Waals surface area contributed by atoms with Crippen LogP contribution in [0.5, 0.6) is 6.01 Å². The average molecular weight is 674 g/mol. The number of hydrogen-bond donors (Lipinski definition) is 1. The Bertz CT molecular complexity index is 1960. The van der Waals surface area contributed by atoms with E-state index in [4.69, 9.17) is 25.2 Å². The molecule has 250 valence electrons. The molecule has 2 aromatic carbocycles. The average Bonchev–Trinajstić information content (AvgIpc) is 3.83. The maximum Gasteiger partial charge on any atom is 0.319 e. The zero-order valence-corrected chi connectivity index (χ0v) is 27.7. The maximum absolute atomic E-state index is 14.9. The molecule has 48 heavy (non-hydrogen) atoms. The standard InChI is InChI=1S/C35H37F2N7O3S/c1-4-29(45)44-13-10-27(28(44)18-46-3)42(2)33-23-7-6-20(22-8-9-25(37)31-30(22)24(16-38)32(39)48-31)14-26(23)40-34(41-33)47-19-35-11-5-12-43(35)17-21(36)15-35/h4,6-9,14,21,27-28H,1,5,10-13,15,17-19,39H2,2-3H3. The highest BCUT2D eigenvalue weighted by molar-refractivity contribution is 7.23. The summed E-state index contributed by atoms with van der Waals surface area (Å²) >= 11 is 1.05. The largest absolute Gasteiger partial charge is 0.461 e. The van der Waals surface area contributed by atoms with Gasteiger partial charge in [-0.25, -0.2) is 8.78 Å². The van der Waals surface area contributed by atoms with Crippen LogP contribution in [0.3, 0.4) is 0 Å². The molecule has 2 N–H and O–H groups in total. The van der Waals surface area contributed by atoms with Gasteiger partial charge in [-0.2, -0.15) is 15.2 Å². The minimum Gasteiger partial charge on any atom is -0.461 e. The fraction of sp³-hybridized carbons (Fsp3) is 0.429. The molecule has 0 spiro atoms. The lowest BCUT2D eigenvalue weighted by molar-refractivity contribution is -0.127. The Kier molecular flexibility index (Phi) is 8.43. The van der Waals surface area contributed by atoms with Crippen LogP contribution < -0.4 is 15.4 Å². The SMILES string of the molecule is C=CC(=O)N1CCC(N(C)c2nc(OCC34CCCN3CC(F)C4)nc3cc(-c4ccc(F)c5sc(N)c(C#N)c45)ccc23)C1COC. The molecule has 3 saturated heterocycles. The van der Waals surface area contributed by atoms with E-state index in [0.29, 0.717) is 59.5 Å². The van der Waals surface area contributed by atoms with Gasteiger partial charge in [0.2, 0.25) is 5.91 Å². The highest BCUT2D eigenvalue weighted by Gasteiger charge is 2.49. The van der Waals surface area contributed by atoms with Gasteiger partial charge in [0, 0.05) is 44.4 Å². The Labute approximate surface area is 281 Å². The highest BCUT2D eigenvalue weighted by atomic mass is 32.1. The number of halogens is 2.